The summed E-state index contributed by atoms with van der Waals surface area (Å²) in [7, 11) is 0. The van der Waals surface area contributed by atoms with Crippen LogP contribution in [0.15, 0.2) is 113 Å². The highest BCUT2D eigenvalue weighted by molar-refractivity contribution is 8.18. The topological polar surface area (TPSA) is 62.6 Å². The zero-order valence-corrected chi connectivity index (χ0v) is 22.4. The van der Waals surface area contributed by atoms with Crippen LogP contribution in [0, 0.1) is 0 Å². The molecule has 0 saturated carbocycles. The second-order valence-electron chi connectivity index (χ2n) is 9.14. The Morgan fingerprint density at radius 3 is 2.56 bits per heavy atom. The van der Waals surface area contributed by atoms with Crippen LogP contribution in [0.1, 0.15) is 18.2 Å². The summed E-state index contributed by atoms with van der Waals surface area (Å²) in [5, 5.41) is 1.87. The second kappa shape index (κ2) is 11.1. The summed E-state index contributed by atoms with van der Waals surface area (Å²) in [6, 6.07) is 30.0. The van der Waals surface area contributed by atoms with Gasteiger partial charge in [0, 0.05) is 41.2 Å². The van der Waals surface area contributed by atoms with Gasteiger partial charge in [0.25, 0.3) is 5.91 Å². The predicted molar refractivity (Wildman–Crippen MR) is 160 cm³/mol. The van der Waals surface area contributed by atoms with Gasteiger partial charge < -0.3 is 14.3 Å². The van der Waals surface area contributed by atoms with Crippen LogP contribution in [-0.4, -0.2) is 38.7 Å². The highest BCUT2D eigenvalue weighted by Gasteiger charge is 2.33. The number of rotatable bonds is 8. The number of H-pyrrole nitrogens is 1. The molecule has 0 aliphatic carbocycles. The van der Waals surface area contributed by atoms with E-state index in [0.717, 1.165) is 34.8 Å². The minimum absolute atomic E-state index is 0.0334. The number of carbonyl (C=O) groups is 1. The molecule has 0 bridgehead atoms. The van der Waals surface area contributed by atoms with Crippen LogP contribution >= 0.6 is 11.8 Å². The van der Waals surface area contributed by atoms with Crippen molar-refractivity contribution >= 4 is 45.5 Å². The molecule has 3 aromatic carbocycles. The number of amides is 1. The number of nitrogens with zero attached hydrogens (tertiary/aromatic N) is 3. The molecule has 3 heterocycles. The Bertz CT molecular complexity index is 1670. The number of aromatic amines is 1. The molecule has 0 radical (unpaired) electrons. The average Bonchev–Trinajstić information content (AvgIpc) is 3.67. The number of benzene rings is 3. The number of hydrogen-bond acceptors (Lipinski definition) is 4. The monoisotopic (exact) mass is 532 g/mol. The van der Waals surface area contributed by atoms with Crippen molar-refractivity contribution in [1.29, 1.82) is 0 Å². The minimum atomic E-state index is -0.0334. The SMILES string of the molecule is CCOc1ccc(-n2cccc2/C=C2\SC(=Nc3ccccc3)N(CCc3c[nH]c4ccccc34)C2=O)cc1. The van der Waals surface area contributed by atoms with Gasteiger partial charge in [0.2, 0.25) is 0 Å². The van der Waals surface area contributed by atoms with Crippen molar-refractivity contribution in [3.63, 3.8) is 0 Å². The molecule has 0 atom stereocenters. The van der Waals surface area contributed by atoms with Crippen molar-refractivity contribution in [2.24, 2.45) is 4.99 Å². The van der Waals surface area contributed by atoms with E-state index in [9.17, 15) is 4.79 Å². The first-order valence-corrected chi connectivity index (χ1v) is 13.8. The first-order valence-electron chi connectivity index (χ1n) is 13.0. The molecule has 0 spiro atoms. The van der Waals surface area contributed by atoms with E-state index in [-0.39, 0.29) is 5.91 Å². The van der Waals surface area contributed by atoms with Gasteiger partial charge in [-0.25, -0.2) is 4.99 Å². The van der Waals surface area contributed by atoms with Crippen LogP contribution in [-0.2, 0) is 11.2 Å². The van der Waals surface area contributed by atoms with E-state index in [1.165, 1.54) is 22.7 Å². The van der Waals surface area contributed by atoms with Crippen LogP contribution in [0.5, 0.6) is 5.75 Å². The predicted octanol–water partition coefficient (Wildman–Crippen LogP) is 7.20. The van der Waals surface area contributed by atoms with E-state index < -0.39 is 0 Å². The molecule has 1 aliphatic rings. The van der Waals surface area contributed by atoms with Gasteiger partial charge in [0.15, 0.2) is 5.17 Å². The maximum atomic E-state index is 13.7. The Hall–Kier alpha value is -4.49. The molecule has 1 N–H and O–H groups in total. The first-order chi connectivity index (χ1) is 19.2. The van der Waals surface area contributed by atoms with Crippen molar-refractivity contribution in [3.8, 4) is 11.4 Å². The van der Waals surface area contributed by atoms with Crippen LogP contribution < -0.4 is 4.74 Å². The number of amidine groups is 1. The number of carbonyl (C=O) groups excluding carboxylic acids is 1. The molecule has 1 saturated heterocycles. The van der Waals surface area contributed by atoms with Crippen LogP contribution in [0.25, 0.3) is 22.7 Å². The molecule has 1 aliphatic heterocycles. The fraction of sp³-hybridized carbons (Fsp3) is 0.125. The maximum Gasteiger partial charge on any atom is 0.266 e. The molecular formula is C32H28N4O2S. The fourth-order valence-corrected chi connectivity index (χ4v) is 5.73. The lowest BCUT2D eigenvalue weighted by atomic mass is 10.1. The lowest BCUT2D eigenvalue weighted by Gasteiger charge is -2.15. The third-order valence-electron chi connectivity index (χ3n) is 6.63. The lowest BCUT2D eigenvalue weighted by molar-refractivity contribution is -0.122. The number of fused-ring (bicyclic) bond motifs is 1. The molecule has 1 amide bonds. The zero-order valence-electron chi connectivity index (χ0n) is 21.6. The number of aliphatic imine (C=N–C) groups is 1. The number of ether oxygens (including phenoxy) is 1. The maximum absolute atomic E-state index is 13.7. The molecular weight excluding hydrogens is 504 g/mol. The van der Waals surface area contributed by atoms with E-state index in [2.05, 4.69) is 21.7 Å². The summed E-state index contributed by atoms with van der Waals surface area (Å²) >= 11 is 1.42. The number of para-hydroxylation sites is 2. The number of nitrogens with one attached hydrogen (secondary N) is 1. The summed E-state index contributed by atoms with van der Waals surface area (Å²) in [4.78, 5) is 24.4. The van der Waals surface area contributed by atoms with Crippen molar-refractivity contribution in [3.05, 3.63) is 120 Å². The van der Waals surface area contributed by atoms with Crippen molar-refractivity contribution in [2.75, 3.05) is 13.2 Å². The third-order valence-corrected chi connectivity index (χ3v) is 7.64. The number of hydrogen-bond donors (Lipinski definition) is 1. The van der Waals surface area contributed by atoms with Crippen molar-refractivity contribution in [2.45, 2.75) is 13.3 Å². The van der Waals surface area contributed by atoms with Gasteiger partial charge in [0.05, 0.1) is 17.2 Å². The third kappa shape index (κ3) is 5.26. The first kappa shape index (κ1) is 24.8. The highest BCUT2D eigenvalue weighted by atomic mass is 32.2. The van der Waals surface area contributed by atoms with E-state index in [0.29, 0.717) is 23.2 Å². The molecule has 0 unspecified atom stereocenters. The summed E-state index contributed by atoms with van der Waals surface area (Å²) in [5.41, 5.74) is 5.03. The Kier molecular flexibility index (Phi) is 7.06. The van der Waals surface area contributed by atoms with E-state index in [1.54, 1.807) is 4.90 Å². The minimum Gasteiger partial charge on any atom is -0.494 e. The average molecular weight is 533 g/mol. The van der Waals surface area contributed by atoms with Crippen molar-refractivity contribution < 1.29 is 9.53 Å². The molecule has 1 fully saturated rings. The van der Waals surface area contributed by atoms with Crippen LogP contribution in [0.3, 0.4) is 0 Å². The van der Waals surface area contributed by atoms with E-state index >= 15 is 0 Å². The molecule has 6 nitrogen and oxygen atoms in total. The fourth-order valence-electron chi connectivity index (χ4n) is 4.72. The molecule has 6 rings (SSSR count). The van der Waals surface area contributed by atoms with Gasteiger partial charge in [-0.05, 0) is 91.3 Å². The summed E-state index contributed by atoms with van der Waals surface area (Å²) in [5.74, 6) is 0.802. The second-order valence-corrected chi connectivity index (χ2v) is 10.1. The molecule has 5 aromatic rings. The number of thioether (sulfide) groups is 1. The van der Waals surface area contributed by atoms with E-state index in [1.807, 2.05) is 104 Å². The number of aromatic nitrogens is 2. The summed E-state index contributed by atoms with van der Waals surface area (Å²) < 4.78 is 7.65. The Morgan fingerprint density at radius 2 is 1.74 bits per heavy atom. The molecule has 39 heavy (non-hydrogen) atoms. The standard InChI is InChI=1S/C32H28N4O2S/c1-2-38-27-16-14-25(15-17-27)35-19-8-11-26(35)21-30-31(37)36(32(39-30)34-24-9-4-3-5-10-24)20-18-23-22-33-29-13-7-6-12-28(23)29/h3-17,19,21-22,33H,2,18,20H2,1H3/b30-21-,34-32?. The van der Waals surface area contributed by atoms with Gasteiger partial charge in [-0.15, -0.1) is 0 Å². The van der Waals surface area contributed by atoms with Gasteiger partial charge in [-0.3, -0.25) is 9.69 Å². The van der Waals surface area contributed by atoms with Crippen molar-refractivity contribution in [1.82, 2.24) is 14.5 Å². The van der Waals surface area contributed by atoms with E-state index in [4.69, 9.17) is 9.73 Å². The summed E-state index contributed by atoms with van der Waals surface area (Å²) in [6.45, 7) is 3.14. The van der Waals surface area contributed by atoms with Crippen LogP contribution in [0.2, 0.25) is 0 Å². The quantitative estimate of drug-likeness (QED) is 0.215. The normalized spacial score (nSPS) is 15.6. The summed E-state index contributed by atoms with van der Waals surface area (Å²) in [6.07, 6.45) is 6.71. The molecule has 2 aromatic heterocycles. The van der Waals surface area contributed by atoms with Gasteiger partial charge in [0.1, 0.15) is 5.75 Å². The largest absolute Gasteiger partial charge is 0.494 e. The molecule has 194 valence electrons. The molecule has 7 heteroatoms. The van der Waals surface area contributed by atoms with Gasteiger partial charge in [-0.2, -0.15) is 0 Å². The van der Waals surface area contributed by atoms with Gasteiger partial charge >= 0.3 is 0 Å². The zero-order chi connectivity index (χ0) is 26.6. The Morgan fingerprint density at radius 1 is 0.949 bits per heavy atom. The van der Waals surface area contributed by atoms with Crippen LogP contribution in [0.4, 0.5) is 5.69 Å². The Labute approximate surface area is 231 Å². The lowest BCUT2D eigenvalue weighted by Crippen LogP contribution is -2.31. The Balaban J connectivity index is 1.30. The smallest absolute Gasteiger partial charge is 0.266 e. The van der Waals surface area contributed by atoms with Gasteiger partial charge in [-0.1, -0.05) is 36.4 Å². The highest BCUT2D eigenvalue weighted by Crippen LogP contribution is 2.35.